The number of aromatic nitrogens is 2. The monoisotopic (exact) mass is 637 g/mol. The van der Waals surface area contributed by atoms with Gasteiger partial charge in [0, 0.05) is 36.3 Å². The Kier molecular flexibility index (Phi) is 6.43. The summed E-state index contributed by atoms with van der Waals surface area (Å²) in [4.78, 5) is 58.6. The van der Waals surface area contributed by atoms with E-state index in [1.165, 1.54) is 10.5 Å². The molecule has 11 heteroatoms. The maximum absolute atomic E-state index is 13.4. The average molecular weight is 638 g/mol. The van der Waals surface area contributed by atoms with E-state index >= 15 is 0 Å². The number of hydrogen-bond acceptors (Lipinski definition) is 7. The molecule has 0 aliphatic carbocycles. The van der Waals surface area contributed by atoms with Crippen LogP contribution in [0.25, 0.3) is 16.6 Å². The predicted octanol–water partition coefficient (Wildman–Crippen LogP) is 4.31. The molecule has 3 aromatic carbocycles. The Hall–Kier alpha value is -4.54. The van der Waals surface area contributed by atoms with Crippen LogP contribution < -0.4 is 15.8 Å². The van der Waals surface area contributed by atoms with Gasteiger partial charge in [0.05, 0.1) is 27.0 Å². The van der Waals surface area contributed by atoms with E-state index in [1.54, 1.807) is 12.1 Å². The molecule has 0 saturated carbocycles. The van der Waals surface area contributed by atoms with Gasteiger partial charge < -0.3 is 10.0 Å². The van der Waals surface area contributed by atoms with E-state index in [0.717, 1.165) is 48.4 Å². The summed E-state index contributed by atoms with van der Waals surface area (Å²) in [5.74, 6) is -0.332. The third-order valence-electron chi connectivity index (χ3n) is 10.3. The van der Waals surface area contributed by atoms with Gasteiger partial charge in [-0.05, 0) is 80.5 Å². The molecule has 2 N–H and O–H groups in total. The second kappa shape index (κ2) is 10.2. The first-order valence-electron chi connectivity index (χ1n) is 15.6. The number of imide groups is 1. The molecular weight excluding hydrogens is 606 g/mol. The molecule has 2 unspecified atom stereocenters. The highest BCUT2D eigenvalue weighted by molar-refractivity contribution is 6.35. The van der Waals surface area contributed by atoms with Crippen LogP contribution in [0.4, 0.5) is 5.69 Å². The van der Waals surface area contributed by atoms with Gasteiger partial charge in [-0.1, -0.05) is 35.9 Å². The minimum Gasteiger partial charge on any atom is -0.371 e. The number of nitrogens with zero attached hydrogens (tertiary/aromatic N) is 4. The molecule has 3 amide bonds. The molecule has 0 radical (unpaired) electrons. The standard InChI is InChI=1S/C35H32ClN5O5/c1-35(2)21-17-19(9-10-23(21)40-25-8-4-6-22(36)29(25)31(44)38-34(35)40)18-13-15-39(16-14-18)24-7-3-5-20-28(24)33(46)41(32(20)45)26-11-12-27(42)37-30(26)43/h3-10,17-18,26,33,46H,11-16H2,1-2H3,(H,37,42,43). The number of benzene rings is 3. The zero-order chi connectivity index (χ0) is 32.1. The molecule has 1 aromatic heterocycles. The number of anilines is 1. The lowest BCUT2D eigenvalue weighted by Gasteiger charge is -2.36. The highest BCUT2D eigenvalue weighted by atomic mass is 35.5. The van der Waals surface area contributed by atoms with Crippen molar-refractivity contribution < 1.29 is 19.5 Å². The van der Waals surface area contributed by atoms with E-state index in [2.05, 4.69) is 51.8 Å². The molecule has 0 bridgehead atoms. The lowest BCUT2D eigenvalue weighted by Crippen LogP contribution is -2.53. The Morgan fingerprint density at radius 3 is 2.48 bits per heavy atom. The number of aliphatic hydroxyl groups is 1. The number of carbonyl (C=O) groups excluding carboxylic acids is 3. The van der Waals surface area contributed by atoms with Gasteiger partial charge in [-0.2, -0.15) is 4.98 Å². The molecule has 2 atom stereocenters. The van der Waals surface area contributed by atoms with Gasteiger partial charge >= 0.3 is 0 Å². The van der Waals surface area contributed by atoms with Crippen molar-refractivity contribution in [2.75, 3.05) is 18.0 Å². The molecule has 46 heavy (non-hydrogen) atoms. The Labute approximate surface area is 269 Å². The number of aliphatic hydroxyl groups excluding tert-OH is 1. The van der Waals surface area contributed by atoms with Gasteiger partial charge in [0.2, 0.25) is 11.8 Å². The highest BCUT2D eigenvalue weighted by Gasteiger charge is 2.46. The molecule has 234 valence electrons. The van der Waals surface area contributed by atoms with Crippen LogP contribution in [0.15, 0.2) is 59.4 Å². The molecular formula is C35H32ClN5O5. The maximum Gasteiger partial charge on any atom is 0.282 e. The number of rotatable bonds is 3. The fraction of sp³-hybridized carbons (Fsp3) is 0.343. The topological polar surface area (TPSA) is 125 Å². The van der Waals surface area contributed by atoms with E-state index in [9.17, 15) is 24.3 Å². The molecule has 2 fully saturated rings. The molecule has 4 aliphatic heterocycles. The number of nitrogens with one attached hydrogen (secondary N) is 1. The predicted molar refractivity (Wildman–Crippen MR) is 172 cm³/mol. The van der Waals surface area contributed by atoms with Crippen molar-refractivity contribution in [3.63, 3.8) is 0 Å². The van der Waals surface area contributed by atoms with Gasteiger partial charge in [-0.25, -0.2) is 0 Å². The highest BCUT2D eigenvalue weighted by Crippen LogP contribution is 2.46. The largest absolute Gasteiger partial charge is 0.371 e. The number of amides is 3. The smallest absolute Gasteiger partial charge is 0.282 e. The zero-order valence-electron chi connectivity index (χ0n) is 25.4. The average Bonchev–Trinajstić information content (AvgIpc) is 3.43. The van der Waals surface area contributed by atoms with Gasteiger partial charge in [-0.3, -0.25) is 34.0 Å². The number of halogens is 1. The molecule has 5 heterocycles. The number of fused-ring (bicyclic) bond motifs is 6. The number of carbonyl (C=O) groups is 3. The van der Waals surface area contributed by atoms with Crippen LogP contribution in [0.5, 0.6) is 0 Å². The third-order valence-corrected chi connectivity index (χ3v) is 10.6. The van der Waals surface area contributed by atoms with E-state index in [1.807, 2.05) is 24.3 Å². The number of hydrogen-bond donors (Lipinski definition) is 2. The summed E-state index contributed by atoms with van der Waals surface area (Å²) < 4.78 is 2.06. The summed E-state index contributed by atoms with van der Waals surface area (Å²) in [6.45, 7) is 5.64. The zero-order valence-corrected chi connectivity index (χ0v) is 26.2. The van der Waals surface area contributed by atoms with Crippen LogP contribution in [0.2, 0.25) is 5.02 Å². The third kappa shape index (κ3) is 4.09. The Bertz CT molecular complexity index is 2060. The summed E-state index contributed by atoms with van der Waals surface area (Å²) in [6.07, 6.45) is 0.765. The van der Waals surface area contributed by atoms with Crippen molar-refractivity contribution in [2.45, 2.75) is 63.1 Å². The van der Waals surface area contributed by atoms with E-state index in [4.69, 9.17) is 11.6 Å². The molecule has 4 aliphatic rings. The summed E-state index contributed by atoms with van der Waals surface area (Å²) in [5, 5.41) is 14.5. The minimum atomic E-state index is -1.27. The van der Waals surface area contributed by atoms with Crippen LogP contribution in [-0.4, -0.2) is 56.4 Å². The summed E-state index contributed by atoms with van der Waals surface area (Å²) >= 11 is 6.43. The molecule has 10 nitrogen and oxygen atoms in total. The summed E-state index contributed by atoms with van der Waals surface area (Å²) in [7, 11) is 0. The van der Waals surface area contributed by atoms with Gasteiger partial charge in [0.25, 0.3) is 11.5 Å². The molecule has 4 aromatic rings. The van der Waals surface area contributed by atoms with Crippen LogP contribution in [0, 0.1) is 0 Å². The van der Waals surface area contributed by atoms with Crippen molar-refractivity contribution in [1.82, 2.24) is 19.8 Å². The Morgan fingerprint density at radius 2 is 1.72 bits per heavy atom. The number of piperidine rings is 2. The van der Waals surface area contributed by atoms with Crippen molar-refractivity contribution in [1.29, 1.82) is 0 Å². The van der Waals surface area contributed by atoms with Crippen LogP contribution in [-0.2, 0) is 15.0 Å². The van der Waals surface area contributed by atoms with Gasteiger partial charge in [0.15, 0.2) is 6.23 Å². The summed E-state index contributed by atoms with van der Waals surface area (Å²) in [5.41, 5.74) is 4.98. The fourth-order valence-electron chi connectivity index (χ4n) is 7.90. The Balaban J connectivity index is 1.06. The maximum atomic E-state index is 13.4. The SMILES string of the molecule is CC1(C)c2cc(C3CCN(c4cccc5c4C(O)N(C4CCC(=O)NC4=O)C5=O)CC3)ccc2-n2c1nc(=O)c1c(Cl)cccc12. The van der Waals surface area contributed by atoms with Gasteiger partial charge in [-0.15, -0.1) is 0 Å². The minimum absolute atomic E-state index is 0.120. The van der Waals surface area contributed by atoms with Crippen molar-refractivity contribution in [3.8, 4) is 5.69 Å². The lowest BCUT2D eigenvalue weighted by molar-refractivity contribution is -0.139. The van der Waals surface area contributed by atoms with Crippen molar-refractivity contribution in [3.05, 3.63) is 98.1 Å². The van der Waals surface area contributed by atoms with E-state index in [-0.39, 0.29) is 24.3 Å². The first kappa shape index (κ1) is 28.9. The second-order valence-electron chi connectivity index (χ2n) is 13.2. The fourth-order valence-corrected chi connectivity index (χ4v) is 8.15. The molecule has 2 saturated heterocycles. The normalized spacial score (nSPS) is 22.2. The Morgan fingerprint density at radius 1 is 0.957 bits per heavy atom. The van der Waals surface area contributed by atoms with Crippen LogP contribution in [0.3, 0.4) is 0 Å². The summed E-state index contributed by atoms with van der Waals surface area (Å²) in [6, 6.07) is 16.6. The molecule has 0 spiro atoms. The molecule has 8 rings (SSSR count). The quantitative estimate of drug-likeness (QED) is 0.321. The second-order valence-corrected chi connectivity index (χ2v) is 13.6. The lowest BCUT2D eigenvalue weighted by atomic mass is 9.81. The van der Waals surface area contributed by atoms with Crippen molar-refractivity contribution >= 4 is 45.9 Å². The first-order valence-corrected chi connectivity index (χ1v) is 16.0. The first-order chi connectivity index (χ1) is 22.1. The van der Waals surface area contributed by atoms with E-state index in [0.29, 0.717) is 33.3 Å². The van der Waals surface area contributed by atoms with Gasteiger partial charge in [0.1, 0.15) is 11.9 Å². The van der Waals surface area contributed by atoms with Crippen LogP contribution >= 0.6 is 11.6 Å². The van der Waals surface area contributed by atoms with Crippen LogP contribution in [0.1, 0.15) is 84.5 Å². The van der Waals surface area contributed by atoms with E-state index < -0.39 is 29.5 Å². The van der Waals surface area contributed by atoms with Crippen molar-refractivity contribution in [2.24, 2.45) is 0 Å².